The molecule has 2 aromatic rings. The molecule has 0 spiro atoms. The molecule has 29 heavy (non-hydrogen) atoms. The van der Waals surface area contributed by atoms with Gasteiger partial charge >= 0.3 is 6.18 Å². The second-order valence-electron chi connectivity index (χ2n) is 5.91. The molecule has 5 nitrogen and oxygen atoms in total. The summed E-state index contributed by atoms with van der Waals surface area (Å²) >= 11 is 0. The summed E-state index contributed by atoms with van der Waals surface area (Å²) in [6.07, 6.45) is -2.42. The highest BCUT2D eigenvalue weighted by molar-refractivity contribution is 14.0. The van der Waals surface area contributed by atoms with Crippen LogP contribution in [0.1, 0.15) is 18.1 Å². The van der Waals surface area contributed by atoms with Crippen molar-refractivity contribution in [3.8, 4) is 5.88 Å². The van der Waals surface area contributed by atoms with Crippen molar-refractivity contribution in [3.05, 3.63) is 59.5 Å². The highest BCUT2D eigenvalue weighted by atomic mass is 127. The number of guanidine groups is 1. The molecular weight excluding hydrogens is 503 g/mol. The van der Waals surface area contributed by atoms with Crippen LogP contribution in [0.2, 0.25) is 0 Å². The monoisotopic (exact) mass is 526 g/mol. The molecular formula is C19H23F4IN4O. The molecule has 0 radical (unpaired) electrons. The largest absolute Gasteiger partial charge is 0.468 e. The number of aromatic nitrogens is 1. The van der Waals surface area contributed by atoms with E-state index in [1.165, 1.54) is 24.4 Å². The van der Waals surface area contributed by atoms with Gasteiger partial charge in [0, 0.05) is 25.4 Å². The number of aliphatic imine (C=N–C) groups is 1. The van der Waals surface area contributed by atoms with Crippen molar-refractivity contribution in [1.82, 2.24) is 15.6 Å². The van der Waals surface area contributed by atoms with Crippen LogP contribution in [0.15, 0.2) is 47.6 Å². The Balaban J connectivity index is 0.00000420. The number of halogens is 5. The van der Waals surface area contributed by atoms with Crippen LogP contribution in [0.5, 0.6) is 5.88 Å². The van der Waals surface area contributed by atoms with Gasteiger partial charge in [0.2, 0.25) is 5.88 Å². The molecule has 1 heterocycles. The molecule has 0 atom stereocenters. The topological polar surface area (TPSA) is 58.5 Å². The van der Waals surface area contributed by atoms with Gasteiger partial charge in [-0.3, -0.25) is 0 Å². The zero-order valence-corrected chi connectivity index (χ0v) is 18.1. The molecule has 0 saturated heterocycles. The van der Waals surface area contributed by atoms with Gasteiger partial charge in [-0.15, -0.1) is 24.0 Å². The second kappa shape index (κ2) is 12.5. The number of hydrogen-bond donors (Lipinski definition) is 2. The van der Waals surface area contributed by atoms with Crippen LogP contribution in [0.25, 0.3) is 0 Å². The molecule has 0 aliphatic rings. The van der Waals surface area contributed by atoms with Gasteiger partial charge in [0.25, 0.3) is 0 Å². The van der Waals surface area contributed by atoms with Gasteiger partial charge in [-0.1, -0.05) is 12.1 Å². The first-order valence-electron chi connectivity index (χ1n) is 8.77. The molecule has 2 N–H and O–H groups in total. The predicted octanol–water partition coefficient (Wildman–Crippen LogP) is 4.08. The lowest BCUT2D eigenvalue weighted by Crippen LogP contribution is -2.38. The van der Waals surface area contributed by atoms with Crippen LogP contribution in [-0.2, 0) is 13.0 Å². The summed E-state index contributed by atoms with van der Waals surface area (Å²) in [6, 6.07) is 9.45. The maximum atomic E-state index is 13.2. The van der Waals surface area contributed by atoms with Crippen molar-refractivity contribution in [2.45, 2.75) is 26.1 Å². The van der Waals surface area contributed by atoms with E-state index in [9.17, 15) is 17.6 Å². The van der Waals surface area contributed by atoms with Gasteiger partial charge in [-0.2, -0.15) is 13.2 Å². The van der Waals surface area contributed by atoms with Crippen LogP contribution in [0, 0.1) is 5.82 Å². The van der Waals surface area contributed by atoms with Crippen molar-refractivity contribution in [2.24, 2.45) is 4.99 Å². The number of pyridine rings is 1. The first-order chi connectivity index (χ1) is 13.4. The van der Waals surface area contributed by atoms with Crippen LogP contribution >= 0.6 is 24.0 Å². The number of benzene rings is 1. The minimum absolute atomic E-state index is 0. The average molecular weight is 526 g/mol. The first-order valence-corrected chi connectivity index (χ1v) is 8.77. The van der Waals surface area contributed by atoms with Crippen LogP contribution in [0.4, 0.5) is 17.6 Å². The number of alkyl halides is 3. The minimum atomic E-state index is -4.42. The molecule has 0 amide bonds. The van der Waals surface area contributed by atoms with E-state index in [1.807, 2.05) is 13.0 Å². The molecule has 0 saturated carbocycles. The Kier molecular flexibility index (Phi) is 10.7. The maximum Gasteiger partial charge on any atom is 0.422 e. The van der Waals surface area contributed by atoms with E-state index in [2.05, 4.69) is 25.3 Å². The molecule has 0 bridgehead atoms. The zero-order valence-electron chi connectivity index (χ0n) is 15.8. The lowest BCUT2D eigenvalue weighted by molar-refractivity contribution is -0.154. The maximum absolute atomic E-state index is 13.2. The SMILES string of the molecule is CCNC(=NCc1ccnc(OCC(F)(F)F)c1)NCCc1cccc(F)c1.I. The van der Waals surface area contributed by atoms with Crippen LogP contribution < -0.4 is 15.4 Å². The quantitative estimate of drug-likeness (QED) is 0.236. The number of rotatable bonds is 8. The van der Waals surface area contributed by atoms with E-state index in [1.54, 1.807) is 12.1 Å². The third-order valence-electron chi connectivity index (χ3n) is 3.54. The fourth-order valence-electron chi connectivity index (χ4n) is 2.31. The summed E-state index contributed by atoms with van der Waals surface area (Å²) < 4.78 is 54.5. The molecule has 10 heteroatoms. The van der Waals surface area contributed by atoms with Gasteiger partial charge in [0.05, 0.1) is 6.54 Å². The lowest BCUT2D eigenvalue weighted by Gasteiger charge is -2.12. The highest BCUT2D eigenvalue weighted by Gasteiger charge is 2.28. The summed E-state index contributed by atoms with van der Waals surface area (Å²) in [5.74, 6) is 0.168. The van der Waals surface area contributed by atoms with Crippen molar-refractivity contribution in [3.63, 3.8) is 0 Å². The molecule has 2 rings (SSSR count). The Morgan fingerprint density at radius 3 is 2.62 bits per heavy atom. The van der Waals surface area contributed by atoms with Gasteiger partial charge in [0.15, 0.2) is 12.6 Å². The standard InChI is InChI=1S/C19H22F4N4O.HI/c1-2-24-18(26-9-6-14-4-3-5-16(20)10-14)27-12-15-7-8-25-17(11-15)28-13-19(21,22)23;/h3-5,7-8,10-11H,2,6,9,12-13H2,1H3,(H2,24,26,27);1H. The van der Waals surface area contributed by atoms with E-state index in [0.29, 0.717) is 31.0 Å². The lowest BCUT2D eigenvalue weighted by atomic mass is 10.1. The Morgan fingerprint density at radius 1 is 1.14 bits per heavy atom. The van der Waals surface area contributed by atoms with Gasteiger partial charge in [-0.05, 0) is 42.7 Å². The van der Waals surface area contributed by atoms with E-state index < -0.39 is 12.8 Å². The highest BCUT2D eigenvalue weighted by Crippen LogP contribution is 2.17. The fourth-order valence-corrected chi connectivity index (χ4v) is 2.31. The minimum Gasteiger partial charge on any atom is -0.468 e. The summed E-state index contributed by atoms with van der Waals surface area (Å²) in [7, 11) is 0. The third-order valence-corrected chi connectivity index (χ3v) is 3.54. The van der Waals surface area contributed by atoms with Crippen LogP contribution in [-0.4, -0.2) is 36.8 Å². The Labute approximate surface area is 184 Å². The van der Waals surface area contributed by atoms with Crippen LogP contribution in [0.3, 0.4) is 0 Å². The van der Waals surface area contributed by atoms with Crippen molar-refractivity contribution in [1.29, 1.82) is 0 Å². The molecule has 0 aliphatic carbocycles. The summed E-state index contributed by atoms with van der Waals surface area (Å²) in [4.78, 5) is 8.16. The van der Waals surface area contributed by atoms with E-state index >= 15 is 0 Å². The number of ether oxygens (including phenoxy) is 1. The number of nitrogens with one attached hydrogen (secondary N) is 2. The molecule has 1 aromatic heterocycles. The third kappa shape index (κ3) is 10.3. The molecule has 0 unspecified atom stereocenters. The Morgan fingerprint density at radius 2 is 1.93 bits per heavy atom. The Hall–Kier alpha value is -2.11. The van der Waals surface area contributed by atoms with E-state index in [-0.39, 0.29) is 42.2 Å². The second-order valence-corrected chi connectivity index (χ2v) is 5.91. The first kappa shape index (κ1) is 24.9. The normalized spacial score (nSPS) is 11.6. The van der Waals surface area contributed by atoms with Crippen molar-refractivity contribution >= 4 is 29.9 Å². The average Bonchev–Trinajstić information content (AvgIpc) is 2.64. The van der Waals surface area contributed by atoms with E-state index in [0.717, 1.165) is 5.56 Å². The predicted molar refractivity (Wildman–Crippen MR) is 114 cm³/mol. The summed E-state index contributed by atoms with van der Waals surface area (Å²) in [5.41, 5.74) is 1.53. The molecule has 160 valence electrons. The summed E-state index contributed by atoms with van der Waals surface area (Å²) in [5, 5.41) is 6.22. The van der Waals surface area contributed by atoms with Crippen molar-refractivity contribution in [2.75, 3.05) is 19.7 Å². The smallest absolute Gasteiger partial charge is 0.422 e. The van der Waals surface area contributed by atoms with Gasteiger partial charge in [-0.25, -0.2) is 14.4 Å². The van der Waals surface area contributed by atoms with Gasteiger partial charge < -0.3 is 15.4 Å². The van der Waals surface area contributed by atoms with E-state index in [4.69, 9.17) is 0 Å². The zero-order chi connectivity index (χ0) is 20.4. The molecule has 0 fully saturated rings. The number of hydrogen-bond acceptors (Lipinski definition) is 3. The summed E-state index contributed by atoms with van der Waals surface area (Å²) in [6.45, 7) is 1.95. The number of nitrogens with zero attached hydrogens (tertiary/aromatic N) is 2. The van der Waals surface area contributed by atoms with Crippen molar-refractivity contribution < 1.29 is 22.3 Å². The fraction of sp³-hybridized carbons (Fsp3) is 0.368. The molecule has 0 aliphatic heterocycles. The molecule has 1 aromatic carbocycles. The Bertz CT molecular complexity index is 787. The van der Waals surface area contributed by atoms with Gasteiger partial charge in [0.1, 0.15) is 5.82 Å².